The minimum absolute atomic E-state index is 0.0884. The number of aliphatic hydroxyl groups excluding tert-OH is 1. The van der Waals surface area contributed by atoms with Crippen molar-refractivity contribution in [1.29, 1.82) is 0 Å². The Kier molecular flexibility index (Phi) is 11.1. The molecule has 5 atom stereocenters. The van der Waals surface area contributed by atoms with Crippen LogP contribution in [0.4, 0.5) is 0 Å². The summed E-state index contributed by atoms with van der Waals surface area (Å²) in [4.78, 5) is 11.3. The van der Waals surface area contributed by atoms with Crippen molar-refractivity contribution < 1.29 is 28.5 Å². The number of rotatable bonds is 12. The molecule has 0 bridgehead atoms. The monoisotopic (exact) mass is 472 g/mol. The Morgan fingerprint density at radius 3 is 2.50 bits per heavy atom. The van der Waals surface area contributed by atoms with Gasteiger partial charge in [-0.25, -0.2) is 0 Å². The number of ether oxygens (including phenoxy) is 3. The van der Waals surface area contributed by atoms with E-state index >= 15 is 0 Å². The highest BCUT2D eigenvalue weighted by Gasteiger charge is 2.47. The maximum atomic E-state index is 11.3. The van der Waals surface area contributed by atoms with Gasteiger partial charge in [0.2, 0.25) is 0 Å². The summed E-state index contributed by atoms with van der Waals surface area (Å²) in [6.07, 6.45) is 8.45. The largest absolute Gasteiger partial charge is 0.469 e. The van der Waals surface area contributed by atoms with Crippen LogP contribution in [0.2, 0.25) is 5.04 Å². The van der Waals surface area contributed by atoms with Gasteiger partial charge in [-0.2, -0.15) is 0 Å². The standard InChI is InChI=1S/C25H48O6Si/c1-24(2,3)32-31-25(4,5)23-18(13-15-19(26)10-9-11-21(27)28-6)14-16-20(23)30-22-12-7-8-17-29-22/h18-20,22-23,26H,7-17,32H2,1-6H3. The molecule has 5 unspecified atom stereocenters. The second-order valence-electron chi connectivity index (χ2n) is 11.5. The highest BCUT2D eigenvalue weighted by Crippen LogP contribution is 2.46. The van der Waals surface area contributed by atoms with E-state index in [2.05, 4.69) is 34.6 Å². The van der Waals surface area contributed by atoms with Crippen LogP contribution in [-0.2, 0) is 23.4 Å². The number of esters is 1. The second-order valence-corrected chi connectivity index (χ2v) is 14.2. The summed E-state index contributed by atoms with van der Waals surface area (Å²) in [5, 5.41) is 10.7. The molecule has 6 nitrogen and oxygen atoms in total. The molecule has 1 aliphatic heterocycles. The average Bonchev–Trinajstić information content (AvgIpc) is 3.14. The van der Waals surface area contributed by atoms with Crippen molar-refractivity contribution >= 4 is 15.7 Å². The van der Waals surface area contributed by atoms with Gasteiger partial charge in [-0.1, -0.05) is 20.8 Å². The molecular weight excluding hydrogens is 424 g/mol. The topological polar surface area (TPSA) is 74.2 Å². The lowest BCUT2D eigenvalue weighted by atomic mass is 9.78. The average molecular weight is 473 g/mol. The number of methoxy groups -OCH3 is 1. The molecule has 1 heterocycles. The van der Waals surface area contributed by atoms with E-state index in [9.17, 15) is 9.90 Å². The van der Waals surface area contributed by atoms with E-state index in [0.717, 1.165) is 45.1 Å². The first-order valence-corrected chi connectivity index (χ1v) is 14.0. The minimum Gasteiger partial charge on any atom is -0.469 e. The van der Waals surface area contributed by atoms with Crippen molar-refractivity contribution in [2.24, 2.45) is 11.8 Å². The fourth-order valence-electron chi connectivity index (χ4n) is 5.18. The first-order chi connectivity index (χ1) is 15.0. The maximum absolute atomic E-state index is 11.3. The van der Waals surface area contributed by atoms with Crippen molar-refractivity contribution in [3.8, 4) is 0 Å². The molecule has 1 saturated carbocycles. The Morgan fingerprint density at radius 1 is 1.12 bits per heavy atom. The van der Waals surface area contributed by atoms with E-state index in [1.54, 1.807) is 0 Å². The lowest BCUT2D eigenvalue weighted by Gasteiger charge is -2.42. The van der Waals surface area contributed by atoms with Gasteiger partial charge in [0, 0.05) is 18.9 Å². The van der Waals surface area contributed by atoms with E-state index in [4.69, 9.17) is 18.6 Å². The molecule has 2 aliphatic rings. The highest BCUT2D eigenvalue weighted by molar-refractivity contribution is 6.31. The molecule has 7 heteroatoms. The summed E-state index contributed by atoms with van der Waals surface area (Å²) in [5.41, 5.74) is -0.254. The molecule has 2 fully saturated rings. The molecule has 1 N–H and O–H groups in total. The van der Waals surface area contributed by atoms with Gasteiger partial charge < -0.3 is 23.7 Å². The molecule has 0 aromatic heterocycles. The summed E-state index contributed by atoms with van der Waals surface area (Å²) in [5.74, 6) is 0.549. The van der Waals surface area contributed by atoms with Crippen molar-refractivity contribution in [3.63, 3.8) is 0 Å². The third kappa shape index (κ3) is 9.41. The van der Waals surface area contributed by atoms with Crippen LogP contribution in [-0.4, -0.2) is 58.7 Å². The number of hydrogen-bond acceptors (Lipinski definition) is 6. The van der Waals surface area contributed by atoms with Gasteiger partial charge in [0.1, 0.15) is 0 Å². The third-order valence-electron chi connectivity index (χ3n) is 6.89. The Bertz CT molecular complexity index is 555. The predicted octanol–water partition coefficient (Wildman–Crippen LogP) is 4.51. The minimum atomic E-state index is -0.695. The fraction of sp³-hybridized carbons (Fsp3) is 0.960. The third-order valence-corrected chi connectivity index (χ3v) is 8.65. The smallest absolute Gasteiger partial charge is 0.305 e. The molecule has 0 aromatic rings. The molecule has 0 amide bonds. The van der Waals surface area contributed by atoms with Gasteiger partial charge in [0.05, 0.1) is 24.9 Å². The number of aliphatic hydroxyl groups is 1. The van der Waals surface area contributed by atoms with E-state index in [1.165, 1.54) is 13.5 Å². The highest BCUT2D eigenvalue weighted by atomic mass is 28.2. The normalized spacial score (nSPS) is 28.3. The Balaban J connectivity index is 1.97. The molecule has 32 heavy (non-hydrogen) atoms. The lowest BCUT2D eigenvalue weighted by Crippen LogP contribution is -2.46. The molecule has 1 saturated heterocycles. The van der Waals surface area contributed by atoms with E-state index in [0.29, 0.717) is 31.1 Å². The zero-order chi connectivity index (χ0) is 23.8. The molecular formula is C25H48O6Si. The van der Waals surface area contributed by atoms with Crippen LogP contribution in [0.1, 0.15) is 98.8 Å². The fourth-order valence-corrected chi connectivity index (χ4v) is 6.18. The van der Waals surface area contributed by atoms with Gasteiger partial charge in [-0.15, -0.1) is 0 Å². The van der Waals surface area contributed by atoms with Crippen LogP contribution in [0.25, 0.3) is 0 Å². The zero-order valence-corrected chi connectivity index (χ0v) is 22.8. The Labute approximate surface area is 198 Å². The molecule has 0 spiro atoms. The second kappa shape index (κ2) is 12.8. The van der Waals surface area contributed by atoms with Gasteiger partial charge in [-0.3, -0.25) is 4.79 Å². The Hall–Kier alpha value is -0.473. The van der Waals surface area contributed by atoms with E-state index in [-0.39, 0.29) is 35.1 Å². The van der Waals surface area contributed by atoms with Crippen LogP contribution < -0.4 is 0 Å². The van der Waals surface area contributed by atoms with Crippen LogP contribution in [0.15, 0.2) is 0 Å². The van der Waals surface area contributed by atoms with Crippen LogP contribution >= 0.6 is 0 Å². The summed E-state index contributed by atoms with van der Waals surface area (Å²) < 4.78 is 23.7. The molecule has 0 aromatic carbocycles. The van der Waals surface area contributed by atoms with Crippen molar-refractivity contribution in [2.75, 3.05) is 13.7 Å². The predicted molar refractivity (Wildman–Crippen MR) is 129 cm³/mol. The number of carbonyl (C=O) groups is 1. The van der Waals surface area contributed by atoms with Crippen LogP contribution in [0.3, 0.4) is 0 Å². The first-order valence-electron chi connectivity index (χ1n) is 12.7. The Morgan fingerprint density at radius 2 is 1.88 bits per heavy atom. The summed E-state index contributed by atoms with van der Waals surface area (Å²) in [6, 6.07) is 0. The SMILES string of the molecule is COC(=O)CCCC(O)CCC1CCC(OC2CCCCO2)C1C(C)(C)O[SiH2]C(C)(C)C. The lowest BCUT2D eigenvalue weighted by molar-refractivity contribution is -0.207. The van der Waals surface area contributed by atoms with Gasteiger partial charge in [0.15, 0.2) is 16.1 Å². The maximum Gasteiger partial charge on any atom is 0.305 e. The van der Waals surface area contributed by atoms with E-state index < -0.39 is 9.76 Å². The zero-order valence-electron chi connectivity index (χ0n) is 21.4. The first kappa shape index (κ1) is 27.8. The number of carbonyl (C=O) groups excluding carboxylic acids is 1. The molecule has 0 radical (unpaired) electrons. The summed E-state index contributed by atoms with van der Waals surface area (Å²) >= 11 is 0. The van der Waals surface area contributed by atoms with Crippen LogP contribution in [0, 0.1) is 11.8 Å². The van der Waals surface area contributed by atoms with Gasteiger partial charge >= 0.3 is 5.97 Å². The van der Waals surface area contributed by atoms with Gasteiger partial charge in [-0.05, 0) is 82.6 Å². The molecule has 2 rings (SSSR count). The number of hydrogen-bond donors (Lipinski definition) is 1. The van der Waals surface area contributed by atoms with Crippen molar-refractivity contribution in [1.82, 2.24) is 0 Å². The summed E-state index contributed by atoms with van der Waals surface area (Å²) in [7, 11) is 0.710. The van der Waals surface area contributed by atoms with Crippen molar-refractivity contribution in [3.05, 3.63) is 0 Å². The van der Waals surface area contributed by atoms with Crippen molar-refractivity contribution in [2.45, 2.75) is 128 Å². The van der Waals surface area contributed by atoms with E-state index in [1.807, 2.05) is 0 Å². The summed E-state index contributed by atoms with van der Waals surface area (Å²) in [6.45, 7) is 12.0. The quantitative estimate of drug-likeness (QED) is 0.333. The van der Waals surface area contributed by atoms with Crippen LogP contribution in [0.5, 0.6) is 0 Å². The van der Waals surface area contributed by atoms with Gasteiger partial charge in [0.25, 0.3) is 0 Å². The molecule has 188 valence electrons. The molecule has 1 aliphatic carbocycles.